The molecular weight excluding hydrogens is 328 g/mol. The number of nitrogens with zero attached hydrogens (tertiary/aromatic N) is 1. The zero-order chi connectivity index (χ0) is 18.9. The van der Waals surface area contributed by atoms with Gasteiger partial charge in [-0.3, -0.25) is 9.59 Å². The van der Waals surface area contributed by atoms with Crippen LogP contribution in [0.1, 0.15) is 34.6 Å². The normalized spacial score (nSPS) is 10.6. The van der Waals surface area contributed by atoms with Gasteiger partial charge in [-0.25, -0.2) is 0 Å². The third kappa shape index (κ3) is 5.32. The molecule has 0 aliphatic rings. The molecule has 4 N–H and O–H groups in total. The lowest BCUT2D eigenvalue weighted by Crippen LogP contribution is -2.34. The highest BCUT2D eigenvalue weighted by atomic mass is 16.2. The monoisotopic (exact) mass is 354 g/mol. The summed E-state index contributed by atoms with van der Waals surface area (Å²) in [5.41, 5.74) is 7.70. The van der Waals surface area contributed by atoms with E-state index in [4.69, 9.17) is 5.73 Å². The van der Waals surface area contributed by atoms with Crippen LogP contribution in [0.4, 0.5) is 11.4 Å². The first-order valence-electron chi connectivity index (χ1n) is 8.81. The number of amides is 2. The molecule has 6 nitrogen and oxygen atoms in total. The molecule has 0 aliphatic carbocycles. The van der Waals surface area contributed by atoms with Gasteiger partial charge in [0.1, 0.15) is 0 Å². The highest BCUT2D eigenvalue weighted by Gasteiger charge is 2.11. The van der Waals surface area contributed by atoms with Crippen LogP contribution in [0.2, 0.25) is 0 Å². The van der Waals surface area contributed by atoms with Crippen molar-refractivity contribution >= 4 is 23.2 Å². The van der Waals surface area contributed by atoms with Crippen LogP contribution in [0, 0.1) is 0 Å². The average Bonchev–Trinajstić information content (AvgIpc) is 2.65. The molecule has 0 aromatic heterocycles. The number of benzene rings is 2. The molecule has 0 saturated heterocycles. The maximum atomic E-state index is 12.3. The van der Waals surface area contributed by atoms with E-state index in [0.29, 0.717) is 29.0 Å². The molecular formula is C20H26N4O2. The number of nitrogens with one attached hydrogen (secondary N) is 2. The predicted molar refractivity (Wildman–Crippen MR) is 105 cm³/mol. The van der Waals surface area contributed by atoms with Crippen LogP contribution in [0.5, 0.6) is 0 Å². The highest BCUT2D eigenvalue weighted by Crippen LogP contribution is 2.15. The minimum atomic E-state index is -0.304. The Morgan fingerprint density at radius 2 is 1.73 bits per heavy atom. The Bertz CT molecular complexity index is 757. The standard InChI is InChI=1S/C20H26N4O2/c1-3-24(4-2)13-12-22-19(25)15-8-7-9-16(14-15)23-20(26)17-10-5-6-11-18(17)21/h5-11,14H,3-4,12-13,21H2,1-2H3,(H,22,25)(H,23,26). The van der Waals surface area contributed by atoms with Crippen molar-refractivity contribution in [1.82, 2.24) is 10.2 Å². The number of para-hydroxylation sites is 1. The lowest BCUT2D eigenvalue weighted by molar-refractivity contribution is 0.0947. The van der Waals surface area contributed by atoms with Crippen LogP contribution < -0.4 is 16.4 Å². The van der Waals surface area contributed by atoms with Crippen LogP contribution in [-0.4, -0.2) is 42.9 Å². The smallest absolute Gasteiger partial charge is 0.257 e. The van der Waals surface area contributed by atoms with Crippen molar-refractivity contribution in [2.75, 3.05) is 37.2 Å². The maximum Gasteiger partial charge on any atom is 0.257 e. The molecule has 2 aromatic carbocycles. The number of nitrogen functional groups attached to an aromatic ring is 1. The van der Waals surface area contributed by atoms with Crippen LogP contribution in [0.3, 0.4) is 0 Å². The fourth-order valence-corrected chi connectivity index (χ4v) is 2.61. The minimum Gasteiger partial charge on any atom is -0.398 e. The van der Waals surface area contributed by atoms with E-state index >= 15 is 0 Å². The summed E-state index contributed by atoms with van der Waals surface area (Å²) in [6.07, 6.45) is 0. The number of hydrogen-bond donors (Lipinski definition) is 3. The van der Waals surface area contributed by atoms with Gasteiger partial charge in [-0.05, 0) is 43.4 Å². The van der Waals surface area contributed by atoms with Crippen LogP contribution in [0.15, 0.2) is 48.5 Å². The Morgan fingerprint density at radius 1 is 1.00 bits per heavy atom. The first-order chi connectivity index (χ1) is 12.5. The minimum absolute atomic E-state index is 0.160. The third-order valence-corrected chi connectivity index (χ3v) is 4.20. The highest BCUT2D eigenvalue weighted by molar-refractivity contribution is 6.08. The fourth-order valence-electron chi connectivity index (χ4n) is 2.61. The molecule has 0 radical (unpaired) electrons. The quantitative estimate of drug-likeness (QED) is 0.636. The molecule has 138 valence electrons. The summed E-state index contributed by atoms with van der Waals surface area (Å²) >= 11 is 0. The third-order valence-electron chi connectivity index (χ3n) is 4.20. The summed E-state index contributed by atoms with van der Waals surface area (Å²) in [5.74, 6) is -0.463. The lowest BCUT2D eigenvalue weighted by Gasteiger charge is -2.18. The van der Waals surface area contributed by atoms with E-state index in [1.807, 2.05) is 0 Å². The number of nitrogens with two attached hydrogens (primary N) is 1. The molecule has 0 atom stereocenters. The Kier molecular flexibility index (Phi) is 7.17. The fraction of sp³-hybridized carbons (Fsp3) is 0.300. The van der Waals surface area contributed by atoms with Crippen molar-refractivity contribution in [3.8, 4) is 0 Å². The first-order valence-corrected chi connectivity index (χ1v) is 8.81. The molecule has 2 aromatic rings. The van der Waals surface area contributed by atoms with E-state index in [1.165, 1.54) is 0 Å². The summed E-state index contributed by atoms with van der Waals surface area (Å²) < 4.78 is 0. The summed E-state index contributed by atoms with van der Waals surface area (Å²) in [7, 11) is 0. The lowest BCUT2D eigenvalue weighted by atomic mass is 10.1. The molecule has 0 spiro atoms. The maximum absolute atomic E-state index is 12.3. The zero-order valence-electron chi connectivity index (χ0n) is 15.3. The molecule has 0 bridgehead atoms. The predicted octanol–water partition coefficient (Wildman–Crippen LogP) is 2.59. The number of carbonyl (C=O) groups excluding carboxylic acids is 2. The summed E-state index contributed by atoms with van der Waals surface area (Å²) in [6.45, 7) is 7.49. The number of hydrogen-bond acceptors (Lipinski definition) is 4. The zero-order valence-corrected chi connectivity index (χ0v) is 15.3. The first kappa shape index (κ1) is 19.5. The van der Waals surface area contributed by atoms with Crippen molar-refractivity contribution in [1.29, 1.82) is 0 Å². The van der Waals surface area contributed by atoms with Crippen LogP contribution in [0.25, 0.3) is 0 Å². The molecule has 0 unspecified atom stereocenters. The van der Waals surface area contributed by atoms with Gasteiger partial charge in [0.2, 0.25) is 0 Å². The molecule has 0 saturated carbocycles. The van der Waals surface area contributed by atoms with E-state index in [9.17, 15) is 9.59 Å². The topological polar surface area (TPSA) is 87.5 Å². The Morgan fingerprint density at radius 3 is 2.42 bits per heavy atom. The van der Waals surface area contributed by atoms with Gasteiger partial charge in [-0.15, -0.1) is 0 Å². The Balaban J connectivity index is 1.98. The van der Waals surface area contributed by atoms with Gasteiger partial charge in [0, 0.05) is 30.0 Å². The van der Waals surface area contributed by atoms with Crippen molar-refractivity contribution < 1.29 is 9.59 Å². The molecule has 0 heterocycles. The van der Waals surface area contributed by atoms with Gasteiger partial charge in [-0.1, -0.05) is 32.0 Å². The van der Waals surface area contributed by atoms with Gasteiger partial charge >= 0.3 is 0 Å². The van der Waals surface area contributed by atoms with Gasteiger partial charge in [0.25, 0.3) is 11.8 Å². The molecule has 0 fully saturated rings. The Hall–Kier alpha value is -2.86. The number of likely N-dealkylation sites (N-methyl/N-ethyl adjacent to an activating group) is 1. The molecule has 2 amide bonds. The van der Waals surface area contributed by atoms with Crippen LogP contribution in [-0.2, 0) is 0 Å². The summed E-state index contributed by atoms with van der Waals surface area (Å²) in [6, 6.07) is 13.7. The van der Waals surface area contributed by atoms with Crippen molar-refractivity contribution in [2.24, 2.45) is 0 Å². The van der Waals surface area contributed by atoms with E-state index in [0.717, 1.165) is 19.6 Å². The van der Waals surface area contributed by atoms with Crippen molar-refractivity contribution in [2.45, 2.75) is 13.8 Å². The molecule has 6 heteroatoms. The van der Waals surface area contributed by atoms with E-state index < -0.39 is 0 Å². The van der Waals surface area contributed by atoms with Crippen molar-refractivity contribution in [3.05, 3.63) is 59.7 Å². The Labute approximate surface area is 154 Å². The second-order valence-electron chi connectivity index (χ2n) is 5.90. The van der Waals surface area contributed by atoms with Crippen molar-refractivity contribution in [3.63, 3.8) is 0 Å². The molecule has 2 rings (SSSR count). The molecule has 26 heavy (non-hydrogen) atoms. The second kappa shape index (κ2) is 9.58. The second-order valence-corrected chi connectivity index (χ2v) is 5.90. The number of carbonyl (C=O) groups is 2. The SMILES string of the molecule is CCN(CC)CCNC(=O)c1cccc(NC(=O)c2ccccc2N)c1. The van der Waals surface area contributed by atoms with Gasteiger partial charge < -0.3 is 21.3 Å². The summed E-state index contributed by atoms with van der Waals surface area (Å²) in [5, 5.41) is 5.69. The summed E-state index contributed by atoms with van der Waals surface area (Å²) in [4.78, 5) is 26.9. The average molecular weight is 354 g/mol. The van der Waals surface area contributed by atoms with E-state index in [2.05, 4.69) is 29.4 Å². The van der Waals surface area contributed by atoms with Gasteiger partial charge in [-0.2, -0.15) is 0 Å². The number of rotatable bonds is 8. The van der Waals surface area contributed by atoms with Gasteiger partial charge in [0.15, 0.2) is 0 Å². The molecule has 0 aliphatic heterocycles. The number of anilines is 2. The van der Waals surface area contributed by atoms with Crippen LogP contribution >= 0.6 is 0 Å². The largest absolute Gasteiger partial charge is 0.398 e. The van der Waals surface area contributed by atoms with E-state index in [1.54, 1.807) is 48.5 Å². The van der Waals surface area contributed by atoms with Gasteiger partial charge in [0.05, 0.1) is 5.56 Å². The van der Waals surface area contributed by atoms with E-state index in [-0.39, 0.29) is 11.8 Å².